The second-order valence-electron chi connectivity index (χ2n) is 4.33. The van der Waals surface area contributed by atoms with Crippen LogP contribution in [0.15, 0.2) is 6.20 Å². The number of likely N-dealkylation sites (tertiary alicyclic amines) is 1. The van der Waals surface area contributed by atoms with Gasteiger partial charge in [0, 0.05) is 18.0 Å². The van der Waals surface area contributed by atoms with Crippen molar-refractivity contribution in [1.29, 1.82) is 0 Å². The zero-order valence-electron chi connectivity index (χ0n) is 11.7. The normalized spacial score (nSPS) is 16.9. The monoisotopic (exact) mass is 269 g/mol. The lowest BCUT2D eigenvalue weighted by Gasteiger charge is -2.27. The van der Waals surface area contributed by atoms with Gasteiger partial charge in [-0.1, -0.05) is 13.8 Å². The number of nitrogens with one attached hydrogen (secondary N) is 1. The first-order valence-corrected chi connectivity index (χ1v) is 7.38. The van der Waals surface area contributed by atoms with Gasteiger partial charge in [-0.05, 0) is 38.9 Å². The Morgan fingerprint density at radius 1 is 1.44 bits per heavy atom. The van der Waals surface area contributed by atoms with Crippen LogP contribution in [0.5, 0.6) is 0 Å². The van der Waals surface area contributed by atoms with Crippen LogP contribution in [0.4, 0.5) is 5.13 Å². The summed E-state index contributed by atoms with van der Waals surface area (Å²) in [6, 6.07) is 0. The fourth-order valence-corrected chi connectivity index (χ4v) is 3.01. The molecule has 1 aliphatic rings. The number of anilines is 1. The van der Waals surface area contributed by atoms with Crippen molar-refractivity contribution in [3.63, 3.8) is 0 Å². The molecule has 0 saturated carbocycles. The minimum absolute atomic E-state index is 0.0516. The molecule has 2 heterocycles. The van der Waals surface area contributed by atoms with Crippen LogP contribution in [0, 0.1) is 0 Å². The van der Waals surface area contributed by atoms with E-state index in [2.05, 4.69) is 22.2 Å². The molecule has 1 amide bonds. The van der Waals surface area contributed by atoms with Crippen molar-refractivity contribution in [1.82, 2.24) is 9.88 Å². The third-order valence-electron chi connectivity index (χ3n) is 2.93. The molecular weight excluding hydrogens is 246 g/mol. The van der Waals surface area contributed by atoms with E-state index >= 15 is 0 Å². The zero-order chi connectivity index (χ0) is 13.5. The number of aromatic nitrogens is 1. The lowest BCUT2D eigenvalue weighted by atomic mass is 9.96. The Hall–Kier alpha value is -0.940. The largest absolute Gasteiger partial charge is 0.306 e. The van der Waals surface area contributed by atoms with Crippen LogP contribution in [0.1, 0.15) is 44.4 Å². The van der Waals surface area contributed by atoms with E-state index in [0.29, 0.717) is 5.92 Å². The van der Waals surface area contributed by atoms with Crippen LogP contribution >= 0.6 is 11.3 Å². The summed E-state index contributed by atoms with van der Waals surface area (Å²) < 4.78 is 0. The van der Waals surface area contributed by atoms with Crippen LogP contribution in [0.3, 0.4) is 0 Å². The van der Waals surface area contributed by atoms with E-state index in [1.54, 1.807) is 11.3 Å². The van der Waals surface area contributed by atoms with Gasteiger partial charge in [-0.15, -0.1) is 11.3 Å². The number of rotatable bonds is 2. The average Bonchev–Trinajstić information content (AvgIpc) is 2.80. The zero-order valence-corrected chi connectivity index (χ0v) is 12.5. The predicted octanol–water partition coefficient (Wildman–Crippen LogP) is 2.94. The summed E-state index contributed by atoms with van der Waals surface area (Å²) in [6.07, 6.45) is 4.29. The van der Waals surface area contributed by atoms with E-state index in [4.69, 9.17) is 0 Å². The molecule has 0 atom stereocenters. The highest BCUT2D eigenvalue weighted by Gasteiger charge is 2.20. The van der Waals surface area contributed by atoms with Crippen molar-refractivity contribution in [2.75, 3.05) is 25.5 Å². The maximum Gasteiger partial charge on any atom is 0.223 e. The molecule has 18 heavy (non-hydrogen) atoms. The van der Waals surface area contributed by atoms with Crippen molar-refractivity contribution in [3.8, 4) is 0 Å². The maximum absolute atomic E-state index is 10.9. The number of carbonyl (C=O) groups excluding carboxylic acids is 1. The average molecular weight is 269 g/mol. The minimum Gasteiger partial charge on any atom is -0.306 e. The van der Waals surface area contributed by atoms with E-state index in [1.165, 1.54) is 24.6 Å². The van der Waals surface area contributed by atoms with Crippen molar-refractivity contribution in [2.45, 2.75) is 39.5 Å². The van der Waals surface area contributed by atoms with E-state index < -0.39 is 0 Å². The van der Waals surface area contributed by atoms with Gasteiger partial charge < -0.3 is 10.2 Å². The minimum atomic E-state index is -0.0516. The van der Waals surface area contributed by atoms with Crippen molar-refractivity contribution < 1.29 is 4.79 Å². The van der Waals surface area contributed by atoms with Gasteiger partial charge in [0.2, 0.25) is 5.91 Å². The first-order chi connectivity index (χ1) is 8.65. The van der Waals surface area contributed by atoms with Gasteiger partial charge in [-0.3, -0.25) is 4.79 Å². The molecule has 1 fully saturated rings. The van der Waals surface area contributed by atoms with Crippen LogP contribution in [0.25, 0.3) is 0 Å². The molecule has 1 aromatic rings. The Kier molecular flexibility index (Phi) is 6.29. The van der Waals surface area contributed by atoms with Gasteiger partial charge in [-0.2, -0.15) is 0 Å². The standard InChI is InChI=1S/C11H17N3OS.C2H6/c1-8(15)13-11-12-7-10(16-11)9-3-5-14(2)6-4-9;1-2/h7,9H,3-6H2,1-2H3,(H,12,13,15);1-2H3. The van der Waals surface area contributed by atoms with Crippen molar-refractivity contribution >= 4 is 22.4 Å². The molecule has 0 unspecified atom stereocenters. The Morgan fingerprint density at radius 2 is 2.06 bits per heavy atom. The topological polar surface area (TPSA) is 45.2 Å². The molecule has 5 heteroatoms. The van der Waals surface area contributed by atoms with Crippen LogP contribution in [-0.2, 0) is 4.79 Å². The molecule has 1 saturated heterocycles. The van der Waals surface area contributed by atoms with Gasteiger partial charge >= 0.3 is 0 Å². The Labute approximate surface area is 113 Å². The third-order valence-corrected chi connectivity index (χ3v) is 4.00. The van der Waals surface area contributed by atoms with Gasteiger partial charge in [0.15, 0.2) is 5.13 Å². The molecule has 0 spiro atoms. The lowest BCUT2D eigenvalue weighted by Crippen LogP contribution is -2.28. The molecule has 1 aliphatic heterocycles. The van der Waals surface area contributed by atoms with E-state index in [0.717, 1.165) is 18.2 Å². The molecular formula is C13H23N3OS. The first kappa shape index (κ1) is 15.1. The highest BCUT2D eigenvalue weighted by atomic mass is 32.1. The van der Waals surface area contributed by atoms with Gasteiger partial charge in [0.05, 0.1) is 0 Å². The maximum atomic E-state index is 10.9. The molecule has 0 radical (unpaired) electrons. The van der Waals surface area contributed by atoms with Crippen molar-refractivity contribution in [3.05, 3.63) is 11.1 Å². The Balaban J connectivity index is 0.000000771. The number of hydrogen-bond donors (Lipinski definition) is 1. The molecule has 102 valence electrons. The number of nitrogens with zero attached hydrogens (tertiary/aromatic N) is 2. The van der Waals surface area contributed by atoms with Crippen LogP contribution < -0.4 is 5.32 Å². The molecule has 0 aromatic carbocycles. The second-order valence-corrected chi connectivity index (χ2v) is 5.39. The van der Waals surface area contributed by atoms with Crippen LogP contribution in [-0.4, -0.2) is 35.9 Å². The molecule has 1 aromatic heterocycles. The summed E-state index contributed by atoms with van der Waals surface area (Å²) in [5, 5.41) is 3.45. The number of carbonyl (C=O) groups is 1. The summed E-state index contributed by atoms with van der Waals surface area (Å²) in [4.78, 5) is 18.8. The number of amides is 1. The number of piperidine rings is 1. The SMILES string of the molecule is CC.CC(=O)Nc1ncc(C2CCN(C)CC2)s1. The van der Waals surface area contributed by atoms with E-state index in [-0.39, 0.29) is 5.91 Å². The van der Waals surface area contributed by atoms with Crippen molar-refractivity contribution in [2.24, 2.45) is 0 Å². The van der Waals surface area contributed by atoms with Gasteiger partial charge in [0.1, 0.15) is 0 Å². The Bertz CT molecular complexity index is 370. The highest BCUT2D eigenvalue weighted by molar-refractivity contribution is 7.15. The fraction of sp³-hybridized carbons (Fsp3) is 0.692. The molecule has 0 bridgehead atoms. The Morgan fingerprint density at radius 3 is 2.61 bits per heavy atom. The summed E-state index contributed by atoms with van der Waals surface area (Å²) >= 11 is 1.61. The smallest absolute Gasteiger partial charge is 0.223 e. The summed E-state index contributed by atoms with van der Waals surface area (Å²) in [6.45, 7) is 7.81. The quantitative estimate of drug-likeness (QED) is 0.898. The van der Waals surface area contributed by atoms with E-state index in [1.807, 2.05) is 20.0 Å². The summed E-state index contributed by atoms with van der Waals surface area (Å²) in [7, 11) is 2.16. The molecule has 1 N–H and O–H groups in total. The number of thiazole rings is 1. The highest BCUT2D eigenvalue weighted by Crippen LogP contribution is 2.32. The van der Waals surface area contributed by atoms with Gasteiger partial charge in [0.25, 0.3) is 0 Å². The molecule has 4 nitrogen and oxygen atoms in total. The summed E-state index contributed by atoms with van der Waals surface area (Å²) in [5.41, 5.74) is 0. The second kappa shape index (κ2) is 7.48. The predicted molar refractivity (Wildman–Crippen MR) is 77.2 cm³/mol. The third kappa shape index (κ3) is 4.38. The lowest BCUT2D eigenvalue weighted by molar-refractivity contribution is -0.114. The van der Waals surface area contributed by atoms with E-state index in [9.17, 15) is 4.79 Å². The van der Waals surface area contributed by atoms with Crippen LogP contribution in [0.2, 0.25) is 0 Å². The molecule has 0 aliphatic carbocycles. The molecule has 2 rings (SSSR count). The first-order valence-electron chi connectivity index (χ1n) is 6.57. The van der Waals surface area contributed by atoms with Gasteiger partial charge in [-0.25, -0.2) is 4.98 Å². The summed E-state index contributed by atoms with van der Waals surface area (Å²) in [5.74, 6) is 0.570. The number of hydrogen-bond acceptors (Lipinski definition) is 4. The fourth-order valence-electron chi connectivity index (χ4n) is 1.98.